The molecule has 14 heavy (non-hydrogen) atoms. The fraction of sp³-hybridized carbons (Fsp3) is 0.200. The van der Waals surface area contributed by atoms with Crippen LogP contribution in [0, 0.1) is 6.92 Å². The maximum Gasteiger partial charge on any atom is 0.119 e. The van der Waals surface area contributed by atoms with Crippen LogP contribution in [-0.4, -0.2) is 23.0 Å². The topological polar surface area (TPSA) is 41.8 Å². The van der Waals surface area contributed by atoms with Crippen molar-refractivity contribution < 1.29 is 9.84 Å². The Morgan fingerprint density at radius 2 is 2.14 bits per heavy atom. The summed E-state index contributed by atoms with van der Waals surface area (Å²) in [4.78, 5) is 3.79. The Balaban J connectivity index is 2.59. The van der Waals surface area contributed by atoms with Crippen LogP contribution < -0.4 is 4.74 Å². The summed E-state index contributed by atoms with van der Waals surface area (Å²) in [5.41, 5.74) is 0.725. The summed E-state index contributed by atoms with van der Waals surface area (Å²) in [6, 6.07) is 7.00. The average molecular weight is 208 g/mol. The lowest BCUT2D eigenvalue weighted by Gasteiger charge is -2.07. The number of thiocarbonyl (C=S) groups is 1. The van der Waals surface area contributed by atoms with E-state index in [9.17, 15) is 0 Å². The largest absolute Gasteiger partial charge is 0.491 e. The molecule has 1 unspecified atom stereocenters. The number of rotatable bonds is 4. The van der Waals surface area contributed by atoms with E-state index >= 15 is 0 Å². The molecule has 1 atom stereocenters. The number of benzene rings is 1. The molecule has 4 heteroatoms. The summed E-state index contributed by atoms with van der Waals surface area (Å²) in [5, 5.41) is 11.1. The van der Waals surface area contributed by atoms with E-state index in [-0.39, 0.29) is 6.61 Å². The van der Waals surface area contributed by atoms with E-state index in [2.05, 4.69) is 29.3 Å². The van der Waals surface area contributed by atoms with E-state index < -0.39 is 6.10 Å². The predicted octanol–water partition coefficient (Wildman–Crippen LogP) is 1.99. The molecule has 1 N–H and O–H groups in total. The Bertz CT molecular complexity index is 328. The summed E-state index contributed by atoms with van der Waals surface area (Å²) in [7, 11) is 0. The van der Waals surface area contributed by atoms with Gasteiger partial charge in [0.2, 0.25) is 0 Å². The second-order valence-electron chi connectivity index (χ2n) is 2.66. The molecule has 3 nitrogen and oxygen atoms in total. The second-order valence-corrected chi connectivity index (χ2v) is 2.84. The van der Waals surface area contributed by atoms with Crippen LogP contribution in [0.15, 0.2) is 29.3 Å². The van der Waals surface area contributed by atoms with Gasteiger partial charge in [0, 0.05) is 0 Å². The Morgan fingerprint density at radius 1 is 1.50 bits per heavy atom. The number of aliphatic imine (C=N–C) groups is 1. The van der Waals surface area contributed by atoms with Crippen molar-refractivity contribution in [2.24, 2.45) is 4.99 Å². The smallest absolute Gasteiger partial charge is 0.119 e. The third-order valence-electron chi connectivity index (χ3n) is 1.45. The first-order valence-electron chi connectivity index (χ1n) is 4.04. The fourth-order valence-electron chi connectivity index (χ4n) is 0.862. The molecular weight excluding hydrogens is 198 g/mol. The zero-order valence-corrected chi connectivity index (χ0v) is 8.33. The Morgan fingerprint density at radius 3 is 2.64 bits per heavy atom. The summed E-state index contributed by atoms with van der Waals surface area (Å²) < 4.78 is 5.20. The number of aliphatic hydroxyl groups is 1. The monoisotopic (exact) mass is 208 g/mol. The van der Waals surface area contributed by atoms with Gasteiger partial charge in [0.25, 0.3) is 0 Å². The van der Waals surface area contributed by atoms with Crippen LogP contribution in [-0.2, 0) is 0 Å². The summed E-state index contributed by atoms with van der Waals surface area (Å²) >= 11 is 4.46. The third-order valence-corrected chi connectivity index (χ3v) is 1.55. The third kappa shape index (κ3) is 3.66. The quantitative estimate of drug-likeness (QED) is 0.607. The van der Waals surface area contributed by atoms with Gasteiger partial charge in [-0.2, -0.15) is 4.99 Å². The minimum atomic E-state index is -0.714. The number of isothiocyanates is 1. The highest BCUT2D eigenvalue weighted by Gasteiger charge is 1.97. The molecular formula is C10H10NO2S. The molecule has 0 aliphatic heterocycles. The van der Waals surface area contributed by atoms with E-state index in [1.54, 1.807) is 24.3 Å². The first kappa shape index (κ1) is 10.9. The predicted molar refractivity (Wildman–Crippen MR) is 58.0 cm³/mol. The van der Waals surface area contributed by atoms with E-state index in [0.29, 0.717) is 5.75 Å². The van der Waals surface area contributed by atoms with Crippen LogP contribution in [0.3, 0.4) is 0 Å². The van der Waals surface area contributed by atoms with Gasteiger partial charge in [-0.1, -0.05) is 0 Å². The van der Waals surface area contributed by atoms with Crippen molar-refractivity contribution in [1.82, 2.24) is 0 Å². The molecule has 1 aromatic rings. The number of hydrogen-bond donors (Lipinski definition) is 1. The van der Waals surface area contributed by atoms with Gasteiger partial charge in [0.15, 0.2) is 0 Å². The van der Waals surface area contributed by atoms with Crippen molar-refractivity contribution in [2.75, 3.05) is 6.61 Å². The maximum absolute atomic E-state index is 8.87. The lowest BCUT2D eigenvalue weighted by molar-refractivity contribution is 0.142. The summed E-state index contributed by atoms with van der Waals surface area (Å²) in [6.07, 6.45) is -0.714. The van der Waals surface area contributed by atoms with Gasteiger partial charge in [-0.05, 0) is 43.4 Å². The molecule has 0 fully saturated rings. The SMILES string of the molecule is [CH2]C(O)COc1ccc(N=C=S)cc1. The summed E-state index contributed by atoms with van der Waals surface area (Å²) in [6.45, 7) is 3.57. The Hall–Kier alpha value is -1.22. The number of nitrogens with zero attached hydrogens (tertiary/aromatic N) is 1. The minimum absolute atomic E-state index is 0.176. The average Bonchev–Trinajstić information content (AvgIpc) is 2.17. The fourth-order valence-corrected chi connectivity index (χ4v) is 0.967. The normalized spacial score (nSPS) is 11.6. The van der Waals surface area contributed by atoms with Crippen molar-refractivity contribution in [3.63, 3.8) is 0 Å². The molecule has 0 aliphatic carbocycles. The van der Waals surface area contributed by atoms with Crippen molar-refractivity contribution in [1.29, 1.82) is 0 Å². The highest BCUT2D eigenvalue weighted by molar-refractivity contribution is 7.78. The number of aliphatic hydroxyl groups excluding tert-OH is 1. The molecule has 0 bridgehead atoms. The minimum Gasteiger partial charge on any atom is -0.491 e. The molecule has 1 aromatic carbocycles. The molecule has 0 saturated carbocycles. The molecule has 0 saturated heterocycles. The van der Waals surface area contributed by atoms with Crippen molar-refractivity contribution in [2.45, 2.75) is 6.10 Å². The van der Waals surface area contributed by atoms with Gasteiger partial charge >= 0.3 is 0 Å². The molecule has 1 radical (unpaired) electrons. The Kier molecular flexibility index (Phi) is 4.26. The lowest BCUT2D eigenvalue weighted by atomic mass is 10.3. The van der Waals surface area contributed by atoms with Gasteiger partial charge in [0.05, 0.1) is 17.0 Å². The molecule has 0 aliphatic rings. The van der Waals surface area contributed by atoms with Gasteiger partial charge in [-0.15, -0.1) is 0 Å². The van der Waals surface area contributed by atoms with Gasteiger partial charge in [0.1, 0.15) is 12.4 Å². The van der Waals surface area contributed by atoms with Crippen LogP contribution in [0.5, 0.6) is 5.75 Å². The molecule has 1 rings (SSSR count). The van der Waals surface area contributed by atoms with Crippen molar-refractivity contribution in [3.05, 3.63) is 31.2 Å². The highest BCUT2D eigenvalue weighted by atomic mass is 32.1. The van der Waals surface area contributed by atoms with Crippen LogP contribution in [0.1, 0.15) is 0 Å². The molecule has 0 aromatic heterocycles. The van der Waals surface area contributed by atoms with E-state index in [1.165, 1.54) is 0 Å². The molecule has 0 amide bonds. The zero-order valence-electron chi connectivity index (χ0n) is 7.51. The van der Waals surface area contributed by atoms with Crippen molar-refractivity contribution in [3.8, 4) is 5.75 Å². The van der Waals surface area contributed by atoms with Crippen LogP contribution in [0.2, 0.25) is 0 Å². The van der Waals surface area contributed by atoms with E-state index in [1.807, 2.05) is 0 Å². The lowest BCUT2D eigenvalue weighted by Crippen LogP contribution is -2.12. The molecule has 0 heterocycles. The molecule has 0 spiro atoms. The van der Waals surface area contributed by atoms with Crippen LogP contribution in [0.25, 0.3) is 0 Å². The van der Waals surface area contributed by atoms with Crippen LogP contribution >= 0.6 is 12.2 Å². The number of ether oxygens (including phenoxy) is 1. The Labute approximate surface area is 88.1 Å². The van der Waals surface area contributed by atoms with Gasteiger partial charge in [-0.3, -0.25) is 0 Å². The first-order valence-corrected chi connectivity index (χ1v) is 4.45. The second kappa shape index (κ2) is 5.50. The van der Waals surface area contributed by atoms with Gasteiger partial charge < -0.3 is 9.84 Å². The highest BCUT2D eigenvalue weighted by Crippen LogP contribution is 2.17. The van der Waals surface area contributed by atoms with E-state index in [4.69, 9.17) is 9.84 Å². The molecule has 73 valence electrons. The van der Waals surface area contributed by atoms with Crippen LogP contribution in [0.4, 0.5) is 5.69 Å². The van der Waals surface area contributed by atoms with Gasteiger partial charge in [-0.25, -0.2) is 0 Å². The number of hydrogen-bond acceptors (Lipinski definition) is 4. The zero-order chi connectivity index (χ0) is 10.4. The summed E-state index contributed by atoms with van der Waals surface area (Å²) in [5.74, 6) is 0.663. The van der Waals surface area contributed by atoms with Crippen molar-refractivity contribution >= 4 is 23.1 Å². The maximum atomic E-state index is 8.87. The van der Waals surface area contributed by atoms with E-state index in [0.717, 1.165) is 5.69 Å². The first-order chi connectivity index (χ1) is 6.72. The standard InChI is InChI=1S/C10H10NO2S/c1-8(12)6-13-10-4-2-9(3-5-10)11-7-14/h2-5,8,12H,1,6H2.